The number of alkyl carbamates (subject to hydrolysis) is 1. The first kappa shape index (κ1) is 18.4. The fourth-order valence-electron chi connectivity index (χ4n) is 1.27. The Hall–Kier alpha value is -1.62. The monoisotopic (exact) mass is 285 g/mol. The molecule has 1 aromatic rings. The molecule has 1 rings (SSSR count). The van der Waals surface area contributed by atoms with Crippen LogP contribution in [0.15, 0.2) is 18.2 Å². The van der Waals surface area contributed by atoms with E-state index in [1.54, 1.807) is 46.8 Å². The Morgan fingerprint density at radius 1 is 1.30 bits per heavy atom. The minimum atomic E-state index is -0.494. The van der Waals surface area contributed by atoms with Gasteiger partial charge in [0, 0.05) is 6.54 Å². The molecule has 0 aliphatic rings. The highest BCUT2D eigenvalue weighted by Gasteiger charge is 2.14. The molecule has 0 saturated heterocycles. The molecule has 0 radical (unpaired) electrons. The number of hydrogen-bond acceptors (Lipinski definition) is 3. The van der Waals surface area contributed by atoms with Crippen molar-refractivity contribution in [3.8, 4) is 0 Å². The maximum Gasteiger partial charge on any atom is 0.407 e. The molecule has 0 saturated carbocycles. The van der Waals surface area contributed by atoms with Gasteiger partial charge in [0.2, 0.25) is 0 Å². The third-order valence-electron chi connectivity index (χ3n) is 2.16. The number of ether oxygens (including phenoxy) is 1. The molecule has 2 N–H and O–H groups in total. The highest BCUT2D eigenvalue weighted by atomic mass is 19.1. The molecule has 5 heteroatoms. The molecule has 0 fully saturated rings. The smallest absolute Gasteiger partial charge is 0.407 e. The number of halogens is 1. The summed E-state index contributed by atoms with van der Waals surface area (Å²) in [7, 11) is 0. The van der Waals surface area contributed by atoms with E-state index in [1.807, 2.05) is 6.07 Å². The van der Waals surface area contributed by atoms with Gasteiger partial charge in [-0.3, -0.25) is 0 Å². The van der Waals surface area contributed by atoms with Crippen molar-refractivity contribution in [2.75, 3.05) is 13.2 Å². The number of benzene rings is 1. The van der Waals surface area contributed by atoms with Crippen LogP contribution in [0.25, 0.3) is 0 Å². The quantitative estimate of drug-likeness (QED) is 0.878. The minimum Gasteiger partial charge on any atom is -0.444 e. The second-order valence-electron chi connectivity index (χ2n) is 5.36. The normalized spacial score (nSPS) is 10.3. The van der Waals surface area contributed by atoms with Crippen LogP contribution in [0.1, 0.15) is 31.9 Å². The van der Waals surface area contributed by atoms with E-state index in [1.165, 1.54) is 0 Å². The number of aliphatic hydroxyl groups excluding tert-OH is 1. The number of carbonyl (C=O) groups is 1. The topological polar surface area (TPSA) is 58.6 Å². The SMILES string of the molecule is CC(C)(C)OC(=O)NCCO.Cc1cccc(C)c1F. The van der Waals surface area contributed by atoms with Crippen molar-refractivity contribution in [1.29, 1.82) is 0 Å². The zero-order valence-corrected chi connectivity index (χ0v) is 12.8. The number of hydrogen-bond donors (Lipinski definition) is 2. The Morgan fingerprint density at radius 3 is 2.15 bits per heavy atom. The van der Waals surface area contributed by atoms with E-state index >= 15 is 0 Å². The number of aryl methyl sites for hydroxylation is 2. The fourth-order valence-corrected chi connectivity index (χ4v) is 1.27. The Bertz CT molecular complexity index is 407. The van der Waals surface area contributed by atoms with E-state index in [4.69, 9.17) is 9.84 Å². The summed E-state index contributed by atoms with van der Waals surface area (Å²) in [5.74, 6) is -0.0856. The molecule has 114 valence electrons. The van der Waals surface area contributed by atoms with Gasteiger partial charge in [-0.1, -0.05) is 18.2 Å². The van der Waals surface area contributed by atoms with Crippen LogP contribution in [-0.2, 0) is 4.74 Å². The van der Waals surface area contributed by atoms with E-state index in [-0.39, 0.29) is 19.0 Å². The lowest BCUT2D eigenvalue weighted by atomic mass is 10.1. The van der Waals surface area contributed by atoms with Crippen LogP contribution in [0.5, 0.6) is 0 Å². The number of nitrogens with one attached hydrogen (secondary N) is 1. The summed E-state index contributed by atoms with van der Waals surface area (Å²) >= 11 is 0. The highest BCUT2D eigenvalue weighted by molar-refractivity contribution is 5.67. The number of carbonyl (C=O) groups excluding carboxylic acids is 1. The Balaban J connectivity index is 0.000000367. The van der Waals surface area contributed by atoms with Crippen LogP contribution in [0.4, 0.5) is 9.18 Å². The van der Waals surface area contributed by atoms with Crippen molar-refractivity contribution in [3.63, 3.8) is 0 Å². The van der Waals surface area contributed by atoms with Crippen LogP contribution in [-0.4, -0.2) is 30.0 Å². The molecule has 0 aromatic heterocycles. The maximum atomic E-state index is 12.7. The van der Waals surface area contributed by atoms with Gasteiger partial charge in [-0.2, -0.15) is 0 Å². The molecule has 1 aromatic carbocycles. The van der Waals surface area contributed by atoms with Crippen molar-refractivity contribution in [2.45, 2.75) is 40.2 Å². The summed E-state index contributed by atoms with van der Waals surface area (Å²) in [4.78, 5) is 10.8. The molecular weight excluding hydrogens is 261 g/mol. The first-order valence-corrected chi connectivity index (χ1v) is 6.47. The molecule has 20 heavy (non-hydrogen) atoms. The summed E-state index contributed by atoms with van der Waals surface area (Å²) < 4.78 is 17.6. The molecule has 0 aliphatic heterocycles. The number of rotatable bonds is 2. The average Bonchev–Trinajstić information content (AvgIpc) is 2.32. The van der Waals surface area contributed by atoms with Crippen LogP contribution < -0.4 is 5.32 Å². The van der Waals surface area contributed by atoms with Crippen molar-refractivity contribution >= 4 is 6.09 Å². The predicted molar refractivity (Wildman–Crippen MR) is 77.2 cm³/mol. The molecular formula is C15H24FNO3. The van der Waals surface area contributed by atoms with Crippen molar-refractivity contribution in [1.82, 2.24) is 5.32 Å². The van der Waals surface area contributed by atoms with Gasteiger partial charge in [0.25, 0.3) is 0 Å². The van der Waals surface area contributed by atoms with Gasteiger partial charge in [0.1, 0.15) is 11.4 Å². The first-order chi connectivity index (χ1) is 9.17. The fraction of sp³-hybridized carbons (Fsp3) is 0.533. The lowest BCUT2D eigenvalue weighted by Crippen LogP contribution is -2.33. The van der Waals surface area contributed by atoms with Crippen LogP contribution in [0.3, 0.4) is 0 Å². The Labute approximate surface area is 120 Å². The van der Waals surface area contributed by atoms with E-state index in [9.17, 15) is 9.18 Å². The number of aliphatic hydroxyl groups is 1. The molecule has 0 unspecified atom stereocenters. The third kappa shape index (κ3) is 8.48. The van der Waals surface area contributed by atoms with E-state index in [2.05, 4.69) is 5.32 Å². The molecule has 1 amide bonds. The molecule has 0 spiro atoms. The second kappa shape index (κ2) is 8.53. The zero-order valence-electron chi connectivity index (χ0n) is 12.8. The van der Waals surface area contributed by atoms with E-state index in [0.29, 0.717) is 0 Å². The molecule has 0 heterocycles. The van der Waals surface area contributed by atoms with Crippen molar-refractivity contribution in [2.24, 2.45) is 0 Å². The predicted octanol–water partition coefficient (Wildman–Crippen LogP) is 2.95. The average molecular weight is 285 g/mol. The lowest BCUT2D eigenvalue weighted by Gasteiger charge is -2.19. The van der Waals surface area contributed by atoms with Gasteiger partial charge in [0.15, 0.2) is 0 Å². The number of amides is 1. The van der Waals surface area contributed by atoms with E-state index < -0.39 is 11.7 Å². The summed E-state index contributed by atoms with van der Waals surface area (Å²) in [6.07, 6.45) is -0.494. The van der Waals surface area contributed by atoms with E-state index in [0.717, 1.165) is 11.1 Å². The molecule has 0 aliphatic carbocycles. The van der Waals surface area contributed by atoms with Crippen LogP contribution in [0.2, 0.25) is 0 Å². The highest BCUT2D eigenvalue weighted by Crippen LogP contribution is 2.09. The van der Waals surface area contributed by atoms with Gasteiger partial charge < -0.3 is 15.2 Å². The van der Waals surface area contributed by atoms with Crippen molar-refractivity contribution < 1.29 is 19.0 Å². The van der Waals surface area contributed by atoms with Gasteiger partial charge >= 0.3 is 6.09 Å². The molecule has 4 nitrogen and oxygen atoms in total. The Kier molecular flexibility index (Phi) is 7.84. The largest absolute Gasteiger partial charge is 0.444 e. The van der Waals surface area contributed by atoms with Gasteiger partial charge in [-0.05, 0) is 45.7 Å². The minimum absolute atomic E-state index is 0.0702. The first-order valence-electron chi connectivity index (χ1n) is 6.47. The van der Waals surface area contributed by atoms with Crippen LogP contribution in [0, 0.1) is 19.7 Å². The lowest BCUT2D eigenvalue weighted by molar-refractivity contribution is 0.0518. The zero-order chi connectivity index (χ0) is 15.8. The van der Waals surface area contributed by atoms with Gasteiger partial charge in [-0.15, -0.1) is 0 Å². The third-order valence-corrected chi connectivity index (χ3v) is 2.16. The molecule has 0 atom stereocenters. The summed E-state index contributed by atoms with van der Waals surface area (Å²) in [5, 5.41) is 10.7. The maximum absolute atomic E-state index is 12.7. The molecule has 0 bridgehead atoms. The second-order valence-corrected chi connectivity index (χ2v) is 5.36. The Morgan fingerprint density at radius 2 is 1.80 bits per heavy atom. The van der Waals surface area contributed by atoms with Crippen LogP contribution >= 0.6 is 0 Å². The summed E-state index contributed by atoms with van der Waals surface area (Å²) in [6, 6.07) is 5.39. The summed E-state index contributed by atoms with van der Waals surface area (Å²) in [5.41, 5.74) is 0.963. The standard InChI is InChI=1S/C8H9F.C7H15NO3/c1-6-4-3-5-7(2)8(6)9;1-7(2,3)11-6(10)8-4-5-9/h3-5H,1-2H3;9H,4-5H2,1-3H3,(H,8,10). The summed E-state index contributed by atoms with van der Waals surface area (Å²) in [6.45, 7) is 9.04. The van der Waals surface area contributed by atoms with Gasteiger partial charge in [-0.25, -0.2) is 9.18 Å². The van der Waals surface area contributed by atoms with Gasteiger partial charge in [0.05, 0.1) is 6.61 Å². The van der Waals surface area contributed by atoms with Crippen molar-refractivity contribution in [3.05, 3.63) is 35.1 Å².